The quantitative estimate of drug-likeness (QED) is 0.278. The Morgan fingerprint density at radius 3 is 1.60 bits per heavy atom. The summed E-state index contributed by atoms with van der Waals surface area (Å²) in [6, 6.07) is 2.76. The molecular weight excluding hydrogens is 518 g/mol. The third kappa shape index (κ3) is 8.14. The number of ether oxygens (including phenoxy) is 2. The number of carbonyl (C=O) groups excluding carboxylic acids is 2. The van der Waals surface area contributed by atoms with Crippen LogP contribution in [0.2, 0.25) is 0 Å². The summed E-state index contributed by atoms with van der Waals surface area (Å²) in [6.45, 7) is 4.21. The van der Waals surface area contributed by atoms with Crippen LogP contribution in [-0.2, 0) is 19.1 Å². The molecule has 0 radical (unpaired) electrons. The maximum absolute atomic E-state index is 14.0. The van der Waals surface area contributed by atoms with Gasteiger partial charge in [-0.05, 0) is 50.7 Å². The lowest BCUT2D eigenvalue weighted by molar-refractivity contribution is -0.147. The Morgan fingerprint density at radius 1 is 0.800 bits per heavy atom. The molecule has 40 heavy (non-hydrogen) atoms. The number of esters is 2. The summed E-state index contributed by atoms with van der Waals surface area (Å²) in [6.07, 6.45) is 12.9. The summed E-state index contributed by atoms with van der Waals surface area (Å²) in [7, 11) is 0. The van der Waals surface area contributed by atoms with Crippen molar-refractivity contribution >= 4 is 11.9 Å². The molecule has 2 aromatic rings. The first-order valence-corrected chi connectivity index (χ1v) is 14.2. The minimum absolute atomic E-state index is 0.209. The summed E-state index contributed by atoms with van der Waals surface area (Å²) in [5.41, 5.74) is 0.873. The number of halogens is 2. The van der Waals surface area contributed by atoms with E-state index in [1.165, 1.54) is 24.5 Å². The van der Waals surface area contributed by atoms with Crippen LogP contribution in [0.3, 0.4) is 0 Å². The van der Waals surface area contributed by atoms with Crippen LogP contribution in [0.15, 0.2) is 49.1 Å². The van der Waals surface area contributed by atoms with Crippen molar-refractivity contribution < 1.29 is 27.8 Å². The monoisotopic (exact) mass is 556 g/mol. The smallest absolute Gasteiger partial charge is 0.331 e. The molecule has 4 heterocycles. The van der Waals surface area contributed by atoms with Crippen LogP contribution in [0.4, 0.5) is 8.78 Å². The lowest BCUT2D eigenvalue weighted by Crippen LogP contribution is -2.36. The number of rotatable bonds is 12. The highest BCUT2D eigenvalue weighted by molar-refractivity contribution is 5.91. The molecule has 2 aliphatic heterocycles. The topological polar surface area (TPSA) is 102 Å². The van der Waals surface area contributed by atoms with Crippen molar-refractivity contribution in [2.45, 2.75) is 102 Å². The van der Waals surface area contributed by atoms with Crippen molar-refractivity contribution in [3.8, 4) is 0 Å². The molecule has 2 fully saturated rings. The standard InChI is InChI=1S/C30H38F2N4O4/c1-3-5-23-7-9-25(35-23)29(19-13-21(31)17-33-15-19)39-27(37)11-12-28(38)40-30(20-14-22(32)18-34-16-20)26-10-8-24(36-26)6-4-2/h11-18,23-26,29-30,35-36H,3-10H2,1-2H3/b12-11-/t23-,24-,25-,26-,29-,30-/m1/s1. The Kier molecular flexibility index (Phi) is 10.7. The van der Waals surface area contributed by atoms with Gasteiger partial charge in [-0.15, -0.1) is 0 Å². The molecule has 4 rings (SSSR count). The van der Waals surface area contributed by atoms with E-state index in [4.69, 9.17) is 9.47 Å². The van der Waals surface area contributed by atoms with Gasteiger partial charge in [0, 0.05) is 59.8 Å². The molecule has 216 valence electrons. The minimum atomic E-state index is -0.775. The molecule has 10 heteroatoms. The fourth-order valence-corrected chi connectivity index (χ4v) is 5.73. The Bertz CT molecular complexity index is 1090. The van der Waals surface area contributed by atoms with Crippen molar-refractivity contribution in [1.82, 2.24) is 20.6 Å². The maximum Gasteiger partial charge on any atom is 0.331 e. The van der Waals surface area contributed by atoms with E-state index in [1.807, 2.05) is 0 Å². The van der Waals surface area contributed by atoms with Crippen molar-refractivity contribution in [3.63, 3.8) is 0 Å². The summed E-state index contributed by atoms with van der Waals surface area (Å²) in [5.74, 6) is -2.59. The first-order valence-electron chi connectivity index (χ1n) is 14.2. The van der Waals surface area contributed by atoms with Gasteiger partial charge >= 0.3 is 11.9 Å². The third-order valence-corrected chi connectivity index (χ3v) is 7.51. The number of nitrogens with zero attached hydrogens (tertiary/aromatic N) is 2. The highest BCUT2D eigenvalue weighted by Gasteiger charge is 2.35. The first-order chi connectivity index (χ1) is 19.4. The third-order valence-electron chi connectivity index (χ3n) is 7.51. The minimum Gasteiger partial charge on any atom is -0.453 e. The molecule has 0 unspecified atom stereocenters. The Hall–Kier alpha value is -3.24. The number of hydrogen-bond donors (Lipinski definition) is 2. The van der Waals surface area contributed by atoms with E-state index in [0.29, 0.717) is 23.2 Å². The Morgan fingerprint density at radius 2 is 1.23 bits per heavy atom. The summed E-state index contributed by atoms with van der Waals surface area (Å²) in [4.78, 5) is 33.5. The number of pyridine rings is 2. The van der Waals surface area contributed by atoms with Crippen molar-refractivity contribution in [3.05, 3.63) is 71.8 Å². The zero-order valence-electron chi connectivity index (χ0n) is 23.0. The molecule has 0 aromatic carbocycles. The van der Waals surface area contributed by atoms with Gasteiger partial charge in [0.2, 0.25) is 0 Å². The van der Waals surface area contributed by atoms with Crippen LogP contribution in [0, 0.1) is 11.6 Å². The molecule has 2 saturated heterocycles. The molecule has 2 N–H and O–H groups in total. The first kappa shape index (κ1) is 29.7. The largest absolute Gasteiger partial charge is 0.453 e. The average molecular weight is 557 g/mol. The van der Waals surface area contributed by atoms with Crippen LogP contribution < -0.4 is 10.6 Å². The molecule has 8 nitrogen and oxygen atoms in total. The van der Waals surface area contributed by atoms with Gasteiger partial charge in [-0.1, -0.05) is 26.7 Å². The summed E-state index contributed by atoms with van der Waals surface area (Å²) >= 11 is 0. The summed E-state index contributed by atoms with van der Waals surface area (Å²) in [5, 5.41) is 6.97. The zero-order chi connectivity index (χ0) is 28.5. The number of nitrogens with one attached hydrogen (secondary N) is 2. The Labute approximate surface area is 234 Å². The second-order valence-corrected chi connectivity index (χ2v) is 10.6. The summed E-state index contributed by atoms with van der Waals surface area (Å²) < 4.78 is 39.4. The molecule has 2 aliphatic rings. The highest BCUT2D eigenvalue weighted by Crippen LogP contribution is 2.31. The molecule has 0 aliphatic carbocycles. The maximum atomic E-state index is 14.0. The molecular formula is C30H38F2N4O4. The fraction of sp³-hybridized carbons (Fsp3) is 0.533. The molecule has 0 amide bonds. The van der Waals surface area contributed by atoms with E-state index < -0.39 is 35.8 Å². The van der Waals surface area contributed by atoms with Gasteiger partial charge in [-0.3, -0.25) is 9.97 Å². The van der Waals surface area contributed by atoms with Crippen molar-refractivity contribution in [2.24, 2.45) is 0 Å². The van der Waals surface area contributed by atoms with Crippen molar-refractivity contribution in [2.75, 3.05) is 0 Å². The normalized spacial score (nSPS) is 24.2. The predicted molar refractivity (Wildman–Crippen MR) is 145 cm³/mol. The van der Waals surface area contributed by atoms with Crippen LogP contribution >= 0.6 is 0 Å². The van der Waals surface area contributed by atoms with Gasteiger partial charge in [0.15, 0.2) is 0 Å². The van der Waals surface area contributed by atoms with E-state index in [9.17, 15) is 18.4 Å². The van der Waals surface area contributed by atoms with E-state index in [2.05, 4.69) is 34.4 Å². The lowest BCUT2D eigenvalue weighted by atomic mass is 10.0. The van der Waals surface area contributed by atoms with Gasteiger partial charge in [0.25, 0.3) is 0 Å². The van der Waals surface area contributed by atoms with Gasteiger partial charge in [-0.25, -0.2) is 18.4 Å². The van der Waals surface area contributed by atoms with Gasteiger partial charge in [-0.2, -0.15) is 0 Å². The Balaban J connectivity index is 1.44. The second kappa shape index (κ2) is 14.4. The van der Waals surface area contributed by atoms with Gasteiger partial charge < -0.3 is 20.1 Å². The van der Waals surface area contributed by atoms with E-state index in [-0.39, 0.29) is 12.1 Å². The van der Waals surface area contributed by atoms with Gasteiger partial charge in [0.1, 0.15) is 23.8 Å². The average Bonchev–Trinajstić information content (AvgIpc) is 3.59. The number of hydrogen-bond acceptors (Lipinski definition) is 8. The zero-order valence-corrected chi connectivity index (χ0v) is 23.0. The molecule has 0 spiro atoms. The fourth-order valence-electron chi connectivity index (χ4n) is 5.73. The molecule has 0 saturated carbocycles. The second-order valence-electron chi connectivity index (χ2n) is 10.6. The lowest BCUT2D eigenvalue weighted by Gasteiger charge is -2.25. The van der Waals surface area contributed by atoms with Crippen LogP contribution in [0.1, 0.15) is 88.5 Å². The van der Waals surface area contributed by atoms with E-state index >= 15 is 0 Å². The van der Waals surface area contributed by atoms with E-state index in [1.54, 1.807) is 0 Å². The van der Waals surface area contributed by atoms with Crippen molar-refractivity contribution in [1.29, 1.82) is 0 Å². The van der Waals surface area contributed by atoms with E-state index in [0.717, 1.165) is 75.9 Å². The molecule has 0 bridgehead atoms. The molecule has 2 aromatic heterocycles. The SMILES string of the molecule is CCC[C@@H]1CC[C@H]([C@H](OC(=O)/C=C\C(=O)O[C@H](c2cncc(F)c2)[C@H]2CC[C@@H](CCC)N2)c2cncc(F)c2)N1. The molecule has 6 atom stereocenters. The van der Waals surface area contributed by atoms with Crippen LogP contribution in [0.25, 0.3) is 0 Å². The van der Waals surface area contributed by atoms with Crippen LogP contribution in [0.5, 0.6) is 0 Å². The van der Waals surface area contributed by atoms with Gasteiger partial charge in [0.05, 0.1) is 12.4 Å². The number of aromatic nitrogens is 2. The predicted octanol–water partition coefficient (Wildman–Crippen LogP) is 5.02. The van der Waals surface area contributed by atoms with Crippen LogP contribution in [-0.4, -0.2) is 46.1 Å². The number of carbonyl (C=O) groups is 2. The highest BCUT2D eigenvalue weighted by atomic mass is 19.1.